The zero-order chi connectivity index (χ0) is 20.7. The molecule has 1 fully saturated rings. The number of hydrogen-bond donors (Lipinski definition) is 6. The molecule has 0 aromatic heterocycles. The van der Waals surface area contributed by atoms with Crippen molar-refractivity contribution in [3.63, 3.8) is 0 Å². The van der Waals surface area contributed by atoms with E-state index >= 15 is 0 Å². The van der Waals surface area contributed by atoms with Crippen molar-refractivity contribution in [3.8, 4) is 0 Å². The summed E-state index contributed by atoms with van der Waals surface area (Å²) in [6, 6.07) is -4.82. The van der Waals surface area contributed by atoms with Crippen LogP contribution in [0.4, 0.5) is 0 Å². The fourth-order valence-corrected chi connectivity index (χ4v) is 2.66. The Bertz CT molecular complexity index is 609. The highest BCUT2D eigenvalue weighted by molar-refractivity contribution is 5.96. The van der Waals surface area contributed by atoms with Gasteiger partial charge in [-0.1, -0.05) is 0 Å². The molecule has 0 aromatic rings. The molecule has 0 bridgehead atoms. The van der Waals surface area contributed by atoms with Crippen LogP contribution >= 0.6 is 0 Å². The highest BCUT2D eigenvalue weighted by atomic mass is 16.4. The Morgan fingerprint density at radius 2 is 1.74 bits per heavy atom. The number of likely N-dealkylation sites (tertiary alicyclic amines) is 1. The molecular formula is C15H25N5O7. The number of carbonyl (C=O) groups is 5. The lowest BCUT2D eigenvalue weighted by molar-refractivity contribution is -0.150. The minimum atomic E-state index is -1.43. The van der Waals surface area contributed by atoms with E-state index in [-0.39, 0.29) is 13.0 Å². The van der Waals surface area contributed by atoms with E-state index in [1.165, 1.54) is 6.92 Å². The van der Waals surface area contributed by atoms with Crippen molar-refractivity contribution in [1.82, 2.24) is 15.5 Å². The molecule has 152 valence electrons. The molecule has 0 radical (unpaired) electrons. The first-order valence-electron chi connectivity index (χ1n) is 8.37. The normalized spacial score (nSPS) is 19.7. The molecule has 12 heteroatoms. The lowest BCUT2D eigenvalue weighted by Gasteiger charge is -2.27. The van der Waals surface area contributed by atoms with Gasteiger partial charge in [0, 0.05) is 6.54 Å². The quantitative estimate of drug-likeness (QED) is 0.231. The smallest absolute Gasteiger partial charge is 0.326 e. The van der Waals surface area contributed by atoms with E-state index in [2.05, 4.69) is 10.6 Å². The van der Waals surface area contributed by atoms with Crippen molar-refractivity contribution < 1.29 is 34.2 Å². The number of hydrogen-bond acceptors (Lipinski definition) is 7. The molecule has 1 aliphatic rings. The summed E-state index contributed by atoms with van der Waals surface area (Å²) in [5, 5.41) is 23.1. The number of rotatable bonds is 9. The number of aliphatic hydroxyl groups is 1. The van der Waals surface area contributed by atoms with Gasteiger partial charge in [0.2, 0.25) is 23.6 Å². The molecule has 4 unspecified atom stereocenters. The average Bonchev–Trinajstić information content (AvgIpc) is 3.07. The third-order valence-electron chi connectivity index (χ3n) is 4.07. The summed E-state index contributed by atoms with van der Waals surface area (Å²) in [6.07, 6.45) is 0.198. The molecule has 1 rings (SSSR count). The maximum atomic E-state index is 12.5. The Balaban J connectivity index is 2.86. The van der Waals surface area contributed by atoms with Crippen LogP contribution in [-0.4, -0.2) is 82.0 Å². The van der Waals surface area contributed by atoms with Gasteiger partial charge in [0.25, 0.3) is 0 Å². The van der Waals surface area contributed by atoms with E-state index in [9.17, 15) is 29.1 Å². The van der Waals surface area contributed by atoms with E-state index in [0.29, 0.717) is 6.42 Å². The minimum absolute atomic E-state index is 0.175. The molecule has 4 amide bonds. The van der Waals surface area contributed by atoms with E-state index in [1.54, 1.807) is 0 Å². The fourth-order valence-electron chi connectivity index (χ4n) is 2.66. The highest BCUT2D eigenvalue weighted by Gasteiger charge is 2.38. The van der Waals surface area contributed by atoms with Crippen molar-refractivity contribution in [2.45, 2.75) is 50.4 Å². The summed E-state index contributed by atoms with van der Waals surface area (Å²) in [6.45, 7) is 0.750. The second-order valence-electron chi connectivity index (χ2n) is 6.29. The zero-order valence-electron chi connectivity index (χ0n) is 14.9. The average molecular weight is 387 g/mol. The predicted octanol–water partition coefficient (Wildman–Crippen LogP) is -3.75. The van der Waals surface area contributed by atoms with Gasteiger partial charge < -0.3 is 37.2 Å². The fraction of sp³-hybridized carbons (Fsp3) is 0.667. The van der Waals surface area contributed by atoms with Gasteiger partial charge in [0.05, 0.1) is 19.1 Å². The SMILES string of the molecule is CC(N)C(=O)NC(CC(N)=O)C(=O)NC(CO)C(=O)N1CCCC1C(=O)O. The van der Waals surface area contributed by atoms with Gasteiger partial charge in [-0.3, -0.25) is 19.2 Å². The van der Waals surface area contributed by atoms with Gasteiger partial charge in [-0.05, 0) is 19.8 Å². The molecule has 1 heterocycles. The Labute approximate surface area is 155 Å². The molecule has 0 spiro atoms. The number of aliphatic carboxylic acids is 1. The van der Waals surface area contributed by atoms with Crippen LogP contribution in [0.15, 0.2) is 0 Å². The maximum Gasteiger partial charge on any atom is 0.326 e. The van der Waals surface area contributed by atoms with Crippen LogP contribution in [0.25, 0.3) is 0 Å². The monoisotopic (exact) mass is 387 g/mol. The summed E-state index contributed by atoms with van der Waals surface area (Å²) < 4.78 is 0. The maximum absolute atomic E-state index is 12.5. The van der Waals surface area contributed by atoms with Crippen LogP contribution in [0, 0.1) is 0 Å². The Kier molecular flexibility index (Phi) is 8.12. The van der Waals surface area contributed by atoms with Crippen molar-refractivity contribution in [2.24, 2.45) is 11.5 Å². The summed E-state index contributed by atoms with van der Waals surface area (Å²) in [7, 11) is 0. The first-order chi connectivity index (χ1) is 12.6. The van der Waals surface area contributed by atoms with Crippen LogP contribution in [-0.2, 0) is 24.0 Å². The third kappa shape index (κ3) is 6.18. The van der Waals surface area contributed by atoms with Crippen LogP contribution in [0.1, 0.15) is 26.2 Å². The van der Waals surface area contributed by atoms with E-state index in [0.717, 1.165) is 4.90 Å². The highest BCUT2D eigenvalue weighted by Crippen LogP contribution is 2.18. The number of carboxylic acid groups (broad SMARTS) is 1. The summed E-state index contributed by atoms with van der Waals surface area (Å²) in [5.41, 5.74) is 10.5. The Hall–Kier alpha value is -2.73. The molecule has 1 aliphatic heterocycles. The second kappa shape index (κ2) is 9.83. The lowest BCUT2D eigenvalue weighted by atomic mass is 10.1. The van der Waals surface area contributed by atoms with Crippen molar-refractivity contribution in [1.29, 1.82) is 0 Å². The standard InChI is InChI=1S/C15H25N5O7/c1-7(16)12(23)18-8(5-11(17)22)13(24)19-9(6-21)14(25)20-4-2-3-10(20)15(26)27/h7-10,21H,2-6,16H2,1H3,(H2,17,22)(H,18,23)(H,19,24)(H,26,27). The van der Waals surface area contributed by atoms with Crippen molar-refractivity contribution in [3.05, 3.63) is 0 Å². The number of primary amides is 1. The van der Waals surface area contributed by atoms with Gasteiger partial charge >= 0.3 is 5.97 Å². The van der Waals surface area contributed by atoms with Gasteiger partial charge in [-0.2, -0.15) is 0 Å². The molecular weight excluding hydrogens is 362 g/mol. The molecule has 8 N–H and O–H groups in total. The van der Waals surface area contributed by atoms with Crippen LogP contribution < -0.4 is 22.1 Å². The molecule has 27 heavy (non-hydrogen) atoms. The number of nitrogens with zero attached hydrogens (tertiary/aromatic N) is 1. The first kappa shape index (κ1) is 22.3. The largest absolute Gasteiger partial charge is 0.480 e. The van der Waals surface area contributed by atoms with Gasteiger partial charge in [0.15, 0.2) is 0 Å². The van der Waals surface area contributed by atoms with E-state index in [1.807, 2.05) is 0 Å². The van der Waals surface area contributed by atoms with E-state index in [4.69, 9.17) is 16.6 Å². The molecule has 12 nitrogen and oxygen atoms in total. The van der Waals surface area contributed by atoms with Gasteiger partial charge in [-0.25, -0.2) is 4.79 Å². The summed E-state index contributed by atoms with van der Waals surface area (Å²) in [5.74, 6) is -4.47. The molecule has 0 aromatic carbocycles. The number of aliphatic hydroxyl groups excluding tert-OH is 1. The van der Waals surface area contributed by atoms with Gasteiger partial charge in [0.1, 0.15) is 18.1 Å². The number of amides is 4. The number of carboxylic acids is 1. The topological polar surface area (TPSA) is 205 Å². The first-order valence-corrected chi connectivity index (χ1v) is 8.37. The zero-order valence-corrected chi connectivity index (χ0v) is 14.9. The number of carbonyl (C=O) groups excluding carboxylic acids is 4. The van der Waals surface area contributed by atoms with Crippen LogP contribution in [0.3, 0.4) is 0 Å². The lowest BCUT2D eigenvalue weighted by Crippen LogP contribution is -2.58. The third-order valence-corrected chi connectivity index (χ3v) is 4.07. The molecule has 4 atom stereocenters. The van der Waals surface area contributed by atoms with E-state index < -0.39 is 66.8 Å². The number of nitrogens with two attached hydrogens (primary N) is 2. The Morgan fingerprint density at radius 1 is 1.15 bits per heavy atom. The second-order valence-corrected chi connectivity index (χ2v) is 6.29. The summed E-state index contributed by atoms with van der Waals surface area (Å²) in [4.78, 5) is 60.0. The van der Waals surface area contributed by atoms with Crippen LogP contribution in [0.2, 0.25) is 0 Å². The molecule has 0 aliphatic carbocycles. The molecule has 0 saturated carbocycles. The van der Waals surface area contributed by atoms with Crippen molar-refractivity contribution >= 4 is 29.6 Å². The minimum Gasteiger partial charge on any atom is -0.480 e. The van der Waals surface area contributed by atoms with Crippen LogP contribution in [0.5, 0.6) is 0 Å². The molecule has 1 saturated heterocycles. The van der Waals surface area contributed by atoms with Crippen molar-refractivity contribution in [2.75, 3.05) is 13.2 Å². The predicted molar refractivity (Wildman–Crippen MR) is 90.8 cm³/mol. The van der Waals surface area contributed by atoms with Gasteiger partial charge in [-0.15, -0.1) is 0 Å². The summed E-state index contributed by atoms with van der Waals surface area (Å²) >= 11 is 0. The number of nitrogens with one attached hydrogen (secondary N) is 2. The Morgan fingerprint density at radius 3 is 2.22 bits per heavy atom.